The van der Waals surface area contributed by atoms with E-state index in [-0.39, 0.29) is 11.9 Å². The minimum absolute atomic E-state index is 0.0152. The zero-order valence-corrected chi connectivity index (χ0v) is 10.2. The lowest BCUT2D eigenvalue weighted by molar-refractivity contribution is -0.129. The summed E-state index contributed by atoms with van der Waals surface area (Å²) in [5.41, 5.74) is 0. The molecular formula is C12H22N2O2. The second-order valence-electron chi connectivity index (χ2n) is 4.85. The van der Waals surface area contributed by atoms with Crippen LogP contribution in [0.25, 0.3) is 0 Å². The molecule has 0 spiro atoms. The van der Waals surface area contributed by atoms with Crippen molar-refractivity contribution >= 4 is 5.91 Å². The number of morpholine rings is 1. The second-order valence-corrected chi connectivity index (χ2v) is 4.85. The van der Waals surface area contributed by atoms with Crippen molar-refractivity contribution < 1.29 is 9.53 Å². The number of amides is 1. The molecule has 1 saturated carbocycles. The summed E-state index contributed by atoms with van der Waals surface area (Å²) < 4.78 is 5.61. The van der Waals surface area contributed by atoms with E-state index in [2.05, 4.69) is 17.1 Å². The van der Waals surface area contributed by atoms with Crippen molar-refractivity contribution in [3.8, 4) is 0 Å². The Kier molecular flexibility index (Phi) is 3.82. The first-order chi connectivity index (χ1) is 7.70. The average Bonchev–Trinajstić information content (AvgIpc) is 3.12. The third kappa shape index (κ3) is 2.95. The molecule has 1 aliphatic heterocycles. The first-order valence-corrected chi connectivity index (χ1v) is 6.36. The first kappa shape index (κ1) is 11.9. The normalized spacial score (nSPS) is 28.8. The molecule has 0 aromatic rings. The van der Waals surface area contributed by atoms with Gasteiger partial charge in [0.05, 0.1) is 18.8 Å². The molecule has 4 nitrogen and oxygen atoms in total. The van der Waals surface area contributed by atoms with Gasteiger partial charge >= 0.3 is 0 Å². The van der Waals surface area contributed by atoms with Gasteiger partial charge in [0.2, 0.25) is 5.91 Å². The molecule has 2 fully saturated rings. The molecule has 1 aliphatic carbocycles. The zero-order valence-electron chi connectivity index (χ0n) is 10.2. The molecule has 1 N–H and O–H groups in total. The number of nitrogens with one attached hydrogen (secondary N) is 1. The van der Waals surface area contributed by atoms with Crippen LogP contribution < -0.4 is 5.32 Å². The van der Waals surface area contributed by atoms with Crippen LogP contribution in [0, 0.1) is 0 Å². The maximum atomic E-state index is 11.9. The van der Waals surface area contributed by atoms with E-state index < -0.39 is 0 Å². The second kappa shape index (κ2) is 5.15. The van der Waals surface area contributed by atoms with Gasteiger partial charge in [0, 0.05) is 19.1 Å². The highest BCUT2D eigenvalue weighted by atomic mass is 16.5. The predicted octanol–water partition coefficient (Wildman–Crippen LogP) is 0.764. The highest BCUT2D eigenvalue weighted by Gasteiger charge is 2.30. The summed E-state index contributed by atoms with van der Waals surface area (Å²) in [5.74, 6) is 0.180. The summed E-state index contributed by atoms with van der Waals surface area (Å²) >= 11 is 0. The van der Waals surface area contributed by atoms with E-state index in [1.54, 1.807) is 0 Å². The minimum Gasteiger partial charge on any atom is -0.376 e. The molecule has 0 aromatic heterocycles. The van der Waals surface area contributed by atoms with Gasteiger partial charge in [-0.3, -0.25) is 9.69 Å². The van der Waals surface area contributed by atoms with Crippen molar-refractivity contribution in [3.05, 3.63) is 0 Å². The molecule has 0 bridgehead atoms. The van der Waals surface area contributed by atoms with Crippen LogP contribution in [0.15, 0.2) is 0 Å². The Morgan fingerprint density at radius 3 is 2.94 bits per heavy atom. The Balaban J connectivity index is 1.82. The summed E-state index contributed by atoms with van der Waals surface area (Å²) in [6.07, 6.45) is 3.62. The molecule has 2 atom stereocenters. The zero-order chi connectivity index (χ0) is 11.5. The Morgan fingerprint density at radius 1 is 1.56 bits per heavy atom. The molecule has 1 amide bonds. The summed E-state index contributed by atoms with van der Waals surface area (Å²) in [6, 6.07) is 0.441. The van der Waals surface area contributed by atoms with Crippen LogP contribution in [-0.2, 0) is 9.53 Å². The van der Waals surface area contributed by atoms with Crippen molar-refractivity contribution in [2.75, 3.05) is 19.7 Å². The standard InChI is InChI=1S/C12H22N2O2/c1-3-11-8-14(6-7-16-11)9(2)12(15)13-10-4-5-10/h9-11H,3-8H2,1-2H3,(H,13,15)/t9-,11+/m1/s1. The van der Waals surface area contributed by atoms with Crippen LogP contribution in [0.5, 0.6) is 0 Å². The molecule has 0 aromatic carbocycles. The van der Waals surface area contributed by atoms with Crippen molar-refractivity contribution in [1.29, 1.82) is 0 Å². The van der Waals surface area contributed by atoms with Crippen LogP contribution >= 0.6 is 0 Å². The third-order valence-corrected chi connectivity index (χ3v) is 3.48. The van der Waals surface area contributed by atoms with E-state index >= 15 is 0 Å². The fourth-order valence-corrected chi connectivity index (χ4v) is 2.06. The number of hydrogen-bond donors (Lipinski definition) is 1. The van der Waals surface area contributed by atoms with E-state index in [0.29, 0.717) is 12.1 Å². The van der Waals surface area contributed by atoms with Gasteiger partial charge in [0.1, 0.15) is 0 Å². The number of nitrogens with zero attached hydrogens (tertiary/aromatic N) is 1. The predicted molar refractivity (Wildman–Crippen MR) is 62.2 cm³/mol. The van der Waals surface area contributed by atoms with Crippen LogP contribution in [0.1, 0.15) is 33.1 Å². The summed E-state index contributed by atoms with van der Waals surface area (Å²) in [5, 5.41) is 3.06. The molecule has 1 saturated heterocycles. The highest BCUT2D eigenvalue weighted by Crippen LogP contribution is 2.19. The van der Waals surface area contributed by atoms with Gasteiger partial charge in [-0.05, 0) is 26.2 Å². The lowest BCUT2D eigenvalue weighted by atomic mass is 10.1. The molecular weight excluding hydrogens is 204 g/mol. The van der Waals surface area contributed by atoms with Crippen molar-refractivity contribution in [3.63, 3.8) is 0 Å². The minimum atomic E-state index is -0.0152. The van der Waals surface area contributed by atoms with Gasteiger partial charge in [0.25, 0.3) is 0 Å². The van der Waals surface area contributed by atoms with Gasteiger partial charge in [-0.15, -0.1) is 0 Å². The highest BCUT2D eigenvalue weighted by molar-refractivity contribution is 5.81. The fraction of sp³-hybridized carbons (Fsp3) is 0.917. The molecule has 16 heavy (non-hydrogen) atoms. The number of rotatable bonds is 4. The molecule has 1 heterocycles. The van der Waals surface area contributed by atoms with Gasteiger partial charge < -0.3 is 10.1 Å². The Morgan fingerprint density at radius 2 is 2.31 bits per heavy atom. The lowest BCUT2D eigenvalue weighted by Gasteiger charge is -2.35. The lowest BCUT2D eigenvalue weighted by Crippen LogP contribution is -2.52. The monoisotopic (exact) mass is 226 g/mol. The van der Waals surface area contributed by atoms with Crippen LogP contribution in [0.2, 0.25) is 0 Å². The fourth-order valence-electron chi connectivity index (χ4n) is 2.06. The Bertz CT molecular complexity index is 253. The maximum absolute atomic E-state index is 11.9. The molecule has 0 radical (unpaired) electrons. The number of ether oxygens (including phenoxy) is 1. The molecule has 4 heteroatoms. The van der Waals surface area contributed by atoms with E-state index in [1.165, 1.54) is 0 Å². The Hall–Kier alpha value is -0.610. The van der Waals surface area contributed by atoms with Crippen molar-refractivity contribution in [1.82, 2.24) is 10.2 Å². The molecule has 2 rings (SSSR count). The Labute approximate surface area is 97.3 Å². The summed E-state index contributed by atoms with van der Waals surface area (Å²) in [4.78, 5) is 14.1. The van der Waals surface area contributed by atoms with E-state index in [9.17, 15) is 4.79 Å². The van der Waals surface area contributed by atoms with Crippen LogP contribution in [0.4, 0.5) is 0 Å². The van der Waals surface area contributed by atoms with Gasteiger partial charge in [-0.2, -0.15) is 0 Å². The summed E-state index contributed by atoms with van der Waals surface area (Å²) in [6.45, 7) is 6.63. The van der Waals surface area contributed by atoms with Crippen molar-refractivity contribution in [2.45, 2.75) is 51.3 Å². The third-order valence-electron chi connectivity index (χ3n) is 3.48. The first-order valence-electron chi connectivity index (χ1n) is 6.36. The number of carbonyl (C=O) groups excluding carboxylic acids is 1. The maximum Gasteiger partial charge on any atom is 0.237 e. The quantitative estimate of drug-likeness (QED) is 0.769. The van der Waals surface area contributed by atoms with Gasteiger partial charge in [-0.1, -0.05) is 6.92 Å². The number of carbonyl (C=O) groups is 1. The topological polar surface area (TPSA) is 41.6 Å². The average molecular weight is 226 g/mol. The van der Waals surface area contributed by atoms with Gasteiger partial charge in [0.15, 0.2) is 0 Å². The van der Waals surface area contributed by atoms with Crippen molar-refractivity contribution in [2.24, 2.45) is 0 Å². The molecule has 92 valence electrons. The summed E-state index contributed by atoms with van der Waals surface area (Å²) in [7, 11) is 0. The SMILES string of the molecule is CC[C@H]1CN([C@H](C)C(=O)NC2CC2)CCO1. The molecule has 2 aliphatic rings. The largest absolute Gasteiger partial charge is 0.376 e. The van der Waals surface area contributed by atoms with Crippen LogP contribution in [0.3, 0.4) is 0 Å². The van der Waals surface area contributed by atoms with E-state index in [4.69, 9.17) is 4.74 Å². The molecule has 0 unspecified atom stereocenters. The number of hydrogen-bond acceptors (Lipinski definition) is 3. The van der Waals surface area contributed by atoms with Crippen LogP contribution in [-0.4, -0.2) is 48.7 Å². The van der Waals surface area contributed by atoms with E-state index in [0.717, 1.165) is 39.0 Å². The van der Waals surface area contributed by atoms with E-state index in [1.807, 2.05) is 6.92 Å². The smallest absolute Gasteiger partial charge is 0.237 e. The van der Waals surface area contributed by atoms with Gasteiger partial charge in [-0.25, -0.2) is 0 Å².